The van der Waals surface area contributed by atoms with E-state index in [9.17, 15) is 9.90 Å². The molecule has 0 spiro atoms. The van der Waals surface area contributed by atoms with E-state index in [1.807, 2.05) is 32.1 Å². The average Bonchev–Trinajstić information content (AvgIpc) is 2.78. The van der Waals surface area contributed by atoms with Gasteiger partial charge in [0.05, 0.1) is 6.10 Å². The van der Waals surface area contributed by atoms with Gasteiger partial charge in [-0.15, -0.1) is 0 Å². The van der Waals surface area contributed by atoms with Crippen LogP contribution in [0.2, 0.25) is 0 Å². The highest BCUT2D eigenvalue weighted by molar-refractivity contribution is 5.76. The largest absolute Gasteiger partial charge is 0.392 e. The van der Waals surface area contributed by atoms with E-state index in [-0.39, 0.29) is 18.2 Å². The van der Waals surface area contributed by atoms with Crippen molar-refractivity contribution >= 4 is 6.03 Å². The first-order valence-corrected chi connectivity index (χ1v) is 11.9. The highest BCUT2D eigenvalue weighted by Gasteiger charge is 2.31. The molecule has 32 heavy (non-hydrogen) atoms. The predicted molar refractivity (Wildman–Crippen MR) is 136 cm³/mol. The Labute approximate surface area is 195 Å². The predicted octanol–water partition coefficient (Wildman–Crippen LogP) is 5.25. The van der Waals surface area contributed by atoms with Crippen LogP contribution in [0.25, 0.3) is 0 Å². The van der Waals surface area contributed by atoms with Crippen molar-refractivity contribution in [3.05, 3.63) is 73.0 Å². The molecule has 0 aromatic carbocycles. The Morgan fingerprint density at radius 3 is 2.69 bits per heavy atom. The van der Waals surface area contributed by atoms with Gasteiger partial charge in [0.15, 0.2) is 0 Å². The van der Waals surface area contributed by atoms with Crippen molar-refractivity contribution in [1.29, 1.82) is 0 Å². The normalized spacial score (nSPS) is 21.6. The first-order chi connectivity index (χ1) is 15.4. The van der Waals surface area contributed by atoms with Crippen LogP contribution >= 0.6 is 0 Å². The zero-order chi connectivity index (χ0) is 23.8. The molecule has 0 radical (unpaired) electrons. The van der Waals surface area contributed by atoms with Gasteiger partial charge in [-0.3, -0.25) is 4.90 Å². The number of hydrogen-bond acceptors (Lipinski definition) is 3. The van der Waals surface area contributed by atoms with Crippen LogP contribution in [-0.2, 0) is 0 Å². The van der Waals surface area contributed by atoms with E-state index < -0.39 is 0 Å². The molecule has 178 valence electrons. The molecule has 3 N–H and O–H groups in total. The summed E-state index contributed by atoms with van der Waals surface area (Å²) >= 11 is 0. The van der Waals surface area contributed by atoms with Gasteiger partial charge in [0.1, 0.15) is 0 Å². The van der Waals surface area contributed by atoms with Gasteiger partial charge < -0.3 is 15.7 Å². The molecule has 1 heterocycles. The van der Waals surface area contributed by atoms with Gasteiger partial charge in [-0.2, -0.15) is 0 Å². The molecule has 1 fully saturated rings. The molecule has 5 nitrogen and oxygen atoms in total. The lowest BCUT2D eigenvalue weighted by molar-refractivity contribution is 0.0178. The van der Waals surface area contributed by atoms with Crippen LogP contribution in [0.1, 0.15) is 52.9 Å². The Hall–Kier alpha value is -2.37. The summed E-state index contributed by atoms with van der Waals surface area (Å²) in [5.74, 6) is 0.571. The van der Waals surface area contributed by atoms with E-state index in [2.05, 4.69) is 47.8 Å². The maximum Gasteiger partial charge on any atom is 0.319 e. The van der Waals surface area contributed by atoms with E-state index in [0.29, 0.717) is 12.5 Å². The summed E-state index contributed by atoms with van der Waals surface area (Å²) in [6.07, 6.45) is 19.9. The topological polar surface area (TPSA) is 64.6 Å². The number of likely N-dealkylation sites (tertiary alicyclic amines) is 1. The van der Waals surface area contributed by atoms with Gasteiger partial charge in [0.2, 0.25) is 0 Å². The van der Waals surface area contributed by atoms with Crippen LogP contribution < -0.4 is 10.6 Å². The Bertz CT molecular complexity index is 704. The van der Waals surface area contributed by atoms with Crippen molar-refractivity contribution in [2.75, 3.05) is 19.6 Å². The van der Waals surface area contributed by atoms with Gasteiger partial charge in [-0.25, -0.2) is 4.79 Å². The number of aliphatic hydroxyl groups excluding tert-OH is 1. The van der Waals surface area contributed by atoms with Gasteiger partial charge in [0, 0.05) is 24.8 Å². The number of urea groups is 1. The zero-order valence-corrected chi connectivity index (χ0v) is 20.2. The minimum Gasteiger partial charge on any atom is -0.392 e. The number of piperidine rings is 1. The van der Waals surface area contributed by atoms with Crippen molar-refractivity contribution in [3.8, 4) is 0 Å². The molecule has 1 aliphatic heterocycles. The van der Waals surface area contributed by atoms with Gasteiger partial charge in [-0.05, 0) is 70.6 Å². The lowest BCUT2D eigenvalue weighted by Gasteiger charge is -2.41. The summed E-state index contributed by atoms with van der Waals surface area (Å²) in [6, 6.07) is -0.0542. The Morgan fingerprint density at radius 2 is 2.06 bits per heavy atom. The summed E-state index contributed by atoms with van der Waals surface area (Å²) in [5, 5.41) is 16.1. The number of allylic oxidation sites excluding steroid dienone is 9. The second kappa shape index (κ2) is 16.3. The first-order valence-electron chi connectivity index (χ1n) is 11.9. The highest BCUT2D eigenvalue weighted by atomic mass is 16.3. The summed E-state index contributed by atoms with van der Waals surface area (Å²) in [6.45, 7) is 15.9. The van der Waals surface area contributed by atoms with Crippen molar-refractivity contribution in [2.45, 2.75) is 65.0 Å². The van der Waals surface area contributed by atoms with Crippen LogP contribution in [0.15, 0.2) is 73.0 Å². The average molecular weight is 442 g/mol. The zero-order valence-electron chi connectivity index (χ0n) is 20.2. The van der Waals surface area contributed by atoms with E-state index in [1.165, 1.54) is 5.57 Å². The second-order valence-corrected chi connectivity index (χ2v) is 8.30. The molecule has 0 aromatic rings. The third-order valence-corrected chi connectivity index (χ3v) is 5.76. The van der Waals surface area contributed by atoms with Crippen molar-refractivity contribution in [1.82, 2.24) is 15.5 Å². The SMILES string of the molecule is C=C/C=C\C(=C/C)C[C@H]1CCN(CCCNC(=O)NC(/C=C\CC)=C/C=C)C(C(C)O)C1. The molecule has 0 bridgehead atoms. The third kappa shape index (κ3) is 10.8. The van der Waals surface area contributed by atoms with Crippen LogP contribution in [0.5, 0.6) is 0 Å². The Kier molecular flexibility index (Phi) is 14.1. The number of nitrogens with zero attached hydrogens (tertiary/aromatic N) is 1. The maximum atomic E-state index is 12.2. The minimum atomic E-state index is -0.371. The number of hydrogen-bond donors (Lipinski definition) is 3. The summed E-state index contributed by atoms with van der Waals surface area (Å²) in [7, 11) is 0. The number of carbonyl (C=O) groups is 1. The lowest BCUT2D eigenvalue weighted by atomic mass is 9.84. The second-order valence-electron chi connectivity index (χ2n) is 8.30. The molecule has 0 saturated carbocycles. The van der Waals surface area contributed by atoms with Gasteiger partial charge in [0.25, 0.3) is 0 Å². The number of amides is 2. The monoisotopic (exact) mass is 441 g/mol. The molecule has 1 saturated heterocycles. The van der Waals surface area contributed by atoms with Crippen LogP contribution in [-0.4, -0.2) is 47.8 Å². The van der Waals surface area contributed by atoms with Crippen LogP contribution in [0.3, 0.4) is 0 Å². The van der Waals surface area contributed by atoms with Crippen molar-refractivity contribution in [3.63, 3.8) is 0 Å². The highest BCUT2D eigenvalue weighted by Crippen LogP contribution is 2.30. The fourth-order valence-corrected chi connectivity index (χ4v) is 4.06. The van der Waals surface area contributed by atoms with Gasteiger partial charge >= 0.3 is 6.03 Å². The summed E-state index contributed by atoms with van der Waals surface area (Å²) in [4.78, 5) is 14.5. The number of aliphatic hydroxyl groups is 1. The molecule has 2 unspecified atom stereocenters. The van der Waals surface area contributed by atoms with Crippen molar-refractivity contribution < 1.29 is 9.90 Å². The molecule has 2 amide bonds. The van der Waals surface area contributed by atoms with Crippen LogP contribution in [0.4, 0.5) is 4.79 Å². The van der Waals surface area contributed by atoms with Gasteiger partial charge in [-0.1, -0.05) is 62.1 Å². The maximum absolute atomic E-state index is 12.2. The fraction of sp³-hybridized carbons (Fsp3) is 0.519. The smallest absolute Gasteiger partial charge is 0.319 e. The standard InChI is InChI=1S/C27H43N3O2/c1-6-10-14-23(9-4)20-24-16-19-30(26(21-24)22(5)31)18-12-17-28-27(32)29-25(13-8-3)15-11-7-2/h6,8-11,13-15,22,24,26,31H,1,3,7,12,16-21H2,2,4-5H3,(H2,28,29,32)/b14-10-,15-11-,23-9+,25-13+/t22?,24-,26?/m1/s1. The molecule has 1 rings (SSSR count). The molecule has 1 aliphatic rings. The summed E-state index contributed by atoms with van der Waals surface area (Å²) in [5.41, 5.74) is 2.04. The van der Waals surface area contributed by atoms with E-state index in [4.69, 9.17) is 0 Å². The molecule has 5 heteroatoms. The number of carbonyl (C=O) groups excluding carboxylic acids is 1. The third-order valence-electron chi connectivity index (χ3n) is 5.76. The Balaban J connectivity index is 2.49. The quantitative estimate of drug-likeness (QED) is 0.270. The number of rotatable bonds is 13. The van der Waals surface area contributed by atoms with Crippen LogP contribution in [0, 0.1) is 5.92 Å². The first kappa shape index (κ1) is 27.7. The molecule has 3 atom stereocenters. The van der Waals surface area contributed by atoms with E-state index in [1.54, 1.807) is 18.2 Å². The molecular weight excluding hydrogens is 398 g/mol. The molecule has 0 aromatic heterocycles. The number of nitrogens with one attached hydrogen (secondary N) is 2. The lowest BCUT2D eigenvalue weighted by Crippen LogP contribution is -2.49. The van der Waals surface area contributed by atoms with E-state index in [0.717, 1.165) is 50.9 Å². The summed E-state index contributed by atoms with van der Waals surface area (Å²) < 4.78 is 0. The van der Waals surface area contributed by atoms with E-state index >= 15 is 0 Å². The molecular formula is C27H43N3O2. The minimum absolute atomic E-state index is 0.158. The van der Waals surface area contributed by atoms with Crippen molar-refractivity contribution in [2.24, 2.45) is 5.92 Å². The Morgan fingerprint density at radius 1 is 1.28 bits per heavy atom. The molecule has 0 aliphatic carbocycles. The fourth-order valence-electron chi connectivity index (χ4n) is 4.06.